The van der Waals surface area contributed by atoms with E-state index in [9.17, 15) is 4.79 Å². The van der Waals surface area contributed by atoms with Gasteiger partial charge in [-0.3, -0.25) is 9.78 Å². The summed E-state index contributed by atoms with van der Waals surface area (Å²) in [5.74, 6) is 0.908. The van der Waals surface area contributed by atoms with Crippen molar-refractivity contribution >= 4 is 55.3 Å². The second kappa shape index (κ2) is 9.64. The van der Waals surface area contributed by atoms with Crippen molar-refractivity contribution in [2.24, 2.45) is 0 Å². The van der Waals surface area contributed by atoms with Gasteiger partial charge in [-0.05, 0) is 52.4 Å². The van der Waals surface area contributed by atoms with Crippen molar-refractivity contribution in [1.29, 1.82) is 0 Å². The number of nitrogens with one attached hydrogen (secondary N) is 1. The predicted octanol–water partition coefficient (Wildman–Crippen LogP) is 4.60. The zero-order valence-electron chi connectivity index (χ0n) is 13.5. The summed E-state index contributed by atoms with van der Waals surface area (Å²) in [4.78, 5) is 19.0. The molecule has 0 fully saturated rings. The third-order valence-corrected chi connectivity index (χ3v) is 5.13. The van der Waals surface area contributed by atoms with E-state index in [-0.39, 0.29) is 17.9 Å². The minimum absolute atomic E-state index is 0.248. The summed E-state index contributed by atoms with van der Waals surface area (Å²) in [6.45, 7) is 1.46. The van der Waals surface area contributed by atoms with Gasteiger partial charge in [-0.15, -0.1) is 0 Å². The fraction of sp³-hybridized carbons (Fsp3) is 0.176. The third-order valence-electron chi connectivity index (χ3n) is 3.45. The van der Waals surface area contributed by atoms with Gasteiger partial charge in [0.25, 0.3) is 5.56 Å². The lowest BCUT2D eigenvalue weighted by atomic mass is 10.2. The Morgan fingerprint density at radius 1 is 1.15 bits per heavy atom. The van der Waals surface area contributed by atoms with E-state index in [0.29, 0.717) is 25.4 Å². The maximum Gasteiger partial charge on any atom is 0.290 e. The molecule has 0 spiro atoms. The van der Waals surface area contributed by atoms with Crippen LogP contribution in [0.4, 0.5) is 0 Å². The van der Waals surface area contributed by atoms with Crippen molar-refractivity contribution in [3.63, 3.8) is 0 Å². The molecule has 6 nitrogen and oxygen atoms in total. The van der Waals surface area contributed by atoms with Crippen molar-refractivity contribution in [1.82, 2.24) is 9.97 Å². The number of aromatic nitrogens is 2. The van der Waals surface area contributed by atoms with Gasteiger partial charge < -0.3 is 19.0 Å². The molecule has 2 aromatic heterocycles. The van der Waals surface area contributed by atoms with Crippen LogP contribution >= 0.6 is 44.4 Å². The van der Waals surface area contributed by atoms with Crippen LogP contribution in [0, 0.1) is 0 Å². The number of fused-ring (bicyclic) bond motifs is 1. The van der Waals surface area contributed by atoms with E-state index in [1.165, 1.54) is 0 Å². The first kappa shape index (κ1) is 19.5. The first-order valence-electron chi connectivity index (χ1n) is 7.65. The quantitative estimate of drug-likeness (QED) is 0.253. The molecule has 0 aliphatic heterocycles. The lowest BCUT2D eigenvalue weighted by Gasteiger charge is -2.09. The summed E-state index contributed by atoms with van der Waals surface area (Å²) in [7, 11) is 0. The van der Waals surface area contributed by atoms with Gasteiger partial charge in [0.1, 0.15) is 19.0 Å². The molecule has 1 aromatic carbocycles. The molecule has 0 bridgehead atoms. The van der Waals surface area contributed by atoms with E-state index < -0.39 is 0 Å². The average molecular weight is 549 g/mol. The highest BCUT2D eigenvalue weighted by Gasteiger charge is 2.05. The number of hydrogen-bond donors (Lipinski definition) is 1. The summed E-state index contributed by atoms with van der Waals surface area (Å²) in [5, 5.41) is 0.891. The van der Waals surface area contributed by atoms with Crippen LogP contribution in [0.15, 0.2) is 52.0 Å². The molecule has 0 saturated carbocycles. The zero-order chi connectivity index (χ0) is 18.4. The molecule has 0 amide bonds. The van der Waals surface area contributed by atoms with Crippen molar-refractivity contribution in [3.05, 3.63) is 63.1 Å². The first-order valence-corrected chi connectivity index (χ1v) is 12.5. The fourth-order valence-electron chi connectivity index (χ4n) is 2.31. The number of benzene rings is 1. The molecular formula is C17H15BrIN2O4P. The van der Waals surface area contributed by atoms with Gasteiger partial charge in [0.15, 0.2) is 5.75 Å². The van der Waals surface area contributed by atoms with Crippen LogP contribution < -0.4 is 15.0 Å². The summed E-state index contributed by atoms with van der Waals surface area (Å²) in [5.41, 5.74) is 1.45. The Hall–Kier alpha value is -1.22. The molecule has 0 aliphatic rings. The Balaban J connectivity index is 1.57. The summed E-state index contributed by atoms with van der Waals surface area (Å²) >= 11 is 5.59. The van der Waals surface area contributed by atoms with E-state index in [0.717, 1.165) is 20.9 Å². The first-order chi connectivity index (χ1) is 12.7. The second-order valence-corrected chi connectivity index (χ2v) is 7.97. The maximum atomic E-state index is 12.1. The highest BCUT2D eigenvalue weighted by molar-refractivity contribution is 14.2. The Labute approximate surface area is 173 Å². The Kier molecular flexibility index (Phi) is 7.24. The van der Waals surface area contributed by atoms with Gasteiger partial charge in [0, 0.05) is 27.1 Å². The van der Waals surface area contributed by atoms with Gasteiger partial charge in [-0.2, -0.15) is 0 Å². The van der Waals surface area contributed by atoms with E-state index in [4.69, 9.17) is 14.0 Å². The van der Waals surface area contributed by atoms with Gasteiger partial charge >= 0.3 is 0 Å². The molecule has 26 heavy (non-hydrogen) atoms. The highest BCUT2D eigenvalue weighted by Crippen LogP contribution is 2.24. The van der Waals surface area contributed by atoms with E-state index in [1.807, 2.05) is 24.3 Å². The van der Waals surface area contributed by atoms with Crippen molar-refractivity contribution in [2.45, 2.75) is 6.61 Å². The minimum Gasteiger partial charge on any atom is -0.488 e. The molecule has 1 atom stereocenters. The predicted molar refractivity (Wildman–Crippen MR) is 115 cm³/mol. The molecule has 2 heterocycles. The lowest BCUT2D eigenvalue weighted by Crippen LogP contribution is -2.15. The minimum atomic E-state index is -0.264. The van der Waals surface area contributed by atoms with E-state index in [2.05, 4.69) is 47.9 Å². The molecule has 3 aromatic rings. The number of nitrogens with zero attached hydrogens (tertiary/aromatic N) is 1. The lowest BCUT2D eigenvalue weighted by molar-refractivity contribution is 0.214. The molecule has 136 valence electrons. The van der Waals surface area contributed by atoms with Crippen LogP contribution in [0.5, 0.6) is 11.5 Å². The number of aromatic amines is 1. The number of halogens is 2. The van der Waals surface area contributed by atoms with Crippen LogP contribution in [-0.2, 0) is 11.1 Å². The van der Waals surface area contributed by atoms with Gasteiger partial charge in [-0.25, -0.2) is 0 Å². The summed E-state index contributed by atoms with van der Waals surface area (Å²) in [6.07, 6.45) is 3.38. The topological polar surface area (TPSA) is 73.4 Å². The Morgan fingerprint density at radius 3 is 2.85 bits per heavy atom. The van der Waals surface area contributed by atoms with Gasteiger partial charge in [0.2, 0.25) is 0 Å². The van der Waals surface area contributed by atoms with Crippen LogP contribution in [0.1, 0.15) is 5.56 Å². The maximum absolute atomic E-state index is 12.1. The Morgan fingerprint density at radius 2 is 2.00 bits per heavy atom. The molecular weight excluding hydrogens is 534 g/mol. The zero-order valence-corrected chi connectivity index (χ0v) is 18.2. The molecule has 0 aliphatic carbocycles. The van der Waals surface area contributed by atoms with Crippen LogP contribution in [0.25, 0.3) is 10.9 Å². The number of H-pyrrole nitrogens is 1. The number of rotatable bonds is 8. The molecule has 9 heteroatoms. The van der Waals surface area contributed by atoms with Crippen molar-refractivity contribution < 1.29 is 14.0 Å². The smallest absolute Gasteiger partial charge is 0.290 e. The highest BCUT2D eigenvalue weighted by atomic mass is 127. The molecule has 1 N–H and O–H groups in total. The van der Waals surface area contributed by atoms with Crippen LogP contribution in [0.3, 0.4) is 0 Å². The van der Waals surface area contributed by atoms with E-state index >= 15 is 0 Å². The number of pyridine rings is 2. The Bertz CT molecular complexity index is 953. The van der Waals surface area contributed by atoms with Crippen LogP contribution in [0.2, 0.25) is 0 Å². The normalized spacial score (nSPS) is 11.3. The average Bonchev–Trinajstić information content (AvgIpc) is 2.64. The van der Waals surface area contributed by atoms with Crippen molar-refractivity contribution in [2.75, 3.05) is 13.2 Å². The van der Waals surface area contributed by atoms with Gasteiger partial charge in [-0.1, -0.05) is 15.9 Å². The second-order valence-electron chi connectivity index (χ2n) is 5.29. The summed E-state index contributed by atoms with van der Waals surface area (Å²) in [6, 6.07) is 9.24. The molecule has 3 rings (SSSR count). The van der Waals surface area contributed by atoms with Gasteiger partial charge in [0.05, 0.1) is 19.3 Å². The monoisotopic (exact) mass is 548 g/mol. The summed E-state index contributed by atoms with van der Waals surface area (Å²) < 4.78 is 17.5. The largest absolute Gasteiger partial charge is 0.488 e. The van der Waals surface area contributed by atoms with Crippen molar-refractivity contribution in [3.8, 4) is 11.5 Å². The fourth-order valence-corrected chi connectivity index (χ4v) is 3.38. The third kappa shape index (κ3) is 5.39. The SMILES string of the molecule is O=c1[nH]c2ccc(Br)cc2cc1OCCOc1cncc(COPI)c1. The van der Waals surface area contributed by atoms with Crippen LogP contribution in [-0.4, -0.2) is 23.2 Å². The molecule has 1 unspecified atom stereocenters. The number of ether oxygens (including phenoxy) is 2. The van der Waals surface area contributed by atoms with E-state index in [1.54, 1.807) is 18.5 Å². The molecule has 0 radical (unpaired) electrons. The standard InChI is InChI=1S/C17H15BrIN2O4P/c18-13-1-2-15-12(6-13)7-16(17(22)21-15)24-4-3-23-14-5-11(8-20-9-14)10-25-26-19/h1-2,5-9,26H,3-4,10H2,(H,21,22). The number of hydrogen-bond acceptors (Lipinski definition) is 5. The molecule has 0 saturated heterocycles.